The molecule has 1 aliphatic rings. The summed E-state index contributed by atoms with van der Waals surface area (Å²) in [5.74, 6) is 1.96. The van der Waals surface area contributed by atoms with Gasteiger partial charge in [0.15, 0.2) is 5.82 Å². The molecule has 6 rings (SSSR count). The fraction of sp³-hybridized carbons (Fsp3) is 0.242. The van der Waals surface area contributed by atoms with Gasteiger partial charge in [0.2, 0.25) is 11.8 Å². The van der Waals surface area contributed by atoms with Crippen molar-refractivity contribution < 1.29 is 9.53 Å². The predicted octanol–water partition coefficient (Wildman–Crippen LogP) is 6.14. The number of fused-ring (bicyclic) bond motifs is 1. The molecular weight excluding hydrogens is 562 g/mol. The maximum atomic E-state index is 11.5. The normalized spacial score (nSPS) is 14.9. The van der Waals surface area contributed by atoms with Gasteiger partial charge in [0.05, 0.1) is 23.3 Å². The first kappa shape index (κ1) is 28.5. The first-order valence-electron chi connectivity index (χ1n) is 14.2. The van der Waals surface area contributed by atoms with Crippen LogP contribution in [0.4, 0.5) is 11.5 Å². The third kappa shape index (κ3) is 6.00. The van der Waals surface area contributed by atoms with E-state index in [4.69, 9.17) is 21.3 Å². The molecule has 10 heteroatoms. The van der Waals surface area contributed by atoms with Crippen LogP contribution in [-0.2, 0) is 11.3 Å². The minimum Gasteiger partial charge on any atom is -0.481 e. The molecule has 3 aromatic heterocycles. The number of amides is 1. The first-order valence-corrected chi connectivity index (χ1v) is 14.6. The summed E-state index contributed by atoms with van der Waals surface area (Å²) in [4.78, 5) is 29.9. The third-order valence-corrected chi connectivity index (χ3v) is 8.10. The molecule has 0 bridgehead atoms. The number of halogens is 1. The fourth-order valence-electron chi connectivity index (χ4n) is 5.39. The van der Waals surface area contributed by atoms with E-state index in [9.17, 15) is 4.79 Å². The number of nitrogens with zero attached hydrogens (tertiary/aromatic N) is 4. The van der Waals surface area contributed by atoms with Gasteiger partial charge < -0.3 is 20.7 Å². The molecule has 0 aliphatic carbocycles. The second-order valence-corrected chi connectivity index (χ2v) is 10.9. The number of carbonyl (C=O) groups is 1. The maximum Gasteiger partial charge on any atom is 0.220 e. The van der Waals surface area contributed by atoms with E-state index in [1.165, 1.54) is 0 Å². The summed E-state index contributed by atoms with van der Waals surface area (Å²) in [7, 11) is 1.62. The van der Waals surface area contributed by atoms with Crippen molar-refractivity contribution in [1.29, 1.82) is 0 Å². The standard InChI is InChI=1S/C33H32ClN7O2/c1-19-23(7-5-10-26(19)40-32-31-28(11-6-16-35-31)38-20(2)39-32)24-8-4-9-25(30(24)34)27-14-12-21(33(41-27)43-3)17-36-22-13-15-29(42)37-18-22/h4-12,14,16,22,36H,13,15,17-18H2,1-3H3,(H,37,42)(H,38,39,40)/t22-/m1/s1. The lowest BCUT2D eigenvalue weighted by molar-refractivity contribution is -0.122. The second-order valence-electron chi connectivity index (χ2n) is 10.5. The minimum atomic E-state index is 0.103. The largest absolute Gasteiger partial charge is 0.481 e. The number of ether oxygens (including phenoxy) is 1. The Morgan fingerprint density at radius 2 is 1.79 bits per heavy atom. The lowest BCUT2D eigenvalue weighted by Crippen LogP contribution is -2.45. The molecule has 0 spiro atoms. The number of carbonyl (C=O) groups excluding carboxylic acids is 1. The number of nitrogens with one attached hydrogen (secondary N) is 3. The van der Waals surface area contributed by atoms with Gasteiger partial charge in [-0.2, -0.15) is 0 Å². The van der Waals surface area contributed by atoms with Crippen LogP contribution in [0.1, 0.15) is 29.8 Å². The molecule has 218 valence electrons. The summed E-state index contributed by atoms with van der Waals surface area (Å²) in [5.41, 5.74) is 7.78. The van der Waals surface area contributed by atoms with E-state index in [-0.39, 0.29) is 11.9 Å². The number of benzene rings is 2. The monoisotopic (exact) mass is 593 g/mol. The highest BCUT2D eigenvalue weighted by molar-refractivity contribution is 6.36. The zero-order valence-corrected chi connectivity index (χ0v) is 25.0. The highest BCUT2D eigenvalue weighted by Gasteiger charge is 2.19. The first-order chi connectivity index (χ1) is 20.9. The Morgan fingerprint density at radius 3 is 2.60 bits per heavy atom. The zero-order valence-electron chi connectivity index (χ0n) is 24.2. The number of hydrogen-bond acceptors (Lipinski definition) is 8. The maximum absolute atomic E-state index is 11.5. The van der Waals surface area contributed by atoms with Crippen molar-refractivity contribution in [3.05, 3.63) is 88.8 Å². The van der Waals surface area contributed by atoms with Gasteiger partial charge in [-0.1, -0.05) is 48.0 Å². The summed E-state index contributed by atoms with van der Waals surface area (Å²) >= 11 is 7.09. The fourth-order valence-corrected chi connectivity index (χ4v) is 5.72. The number of anilines is 2. The van der Waals surface area contributed by atoms with E-state index in [2.05, 4.69) is 43.9 Å². The molecule has 0 unspecified atom stereocenters. The Hall–Kier alpha value is -4.60. The van der Waals surface area contributed by atoms with Gasteiger partial charge in [0.1, 0.15) is 11.3 Å². The van der Waals surface area contributed by atoms with Crippen LogP contribution >= 0.6 is 11.6 Å². The molecule has 1 aliphatic heterocycles. The Bertz CT molecular complexity index is 1820. The van der Waals surface area contributed by atoms with Crippen molar-refractivity contribution in [2.45, 2.75) is 39.3 Å². The molecule has 43 heavy (non-hydrogen) atoms. The number of hydrogen-bond donors (Lipinski definition) is 3. The summed E-state index contributed by atoms with van der Waals surface area (Å²) in [5, 5.41) is 10.5. The van der Waals surface area contributed by atoms with Crippen LogP contribution < -0.4 is 20.7 Å². The van der Waals surface area contributed by atoms with E-state index in [1.54, 1.807) is 13.3 Å². The minimum absolute atomic E-state index is 0.103. The molecule has 9 nitrogen and oxygen atoms in total. The number of piperidine rings is 1. The molecule has 2 aromatic carbocycles. The smallest absolute Gasteiger partial charge is 0.220 e. The van der Waals surface area contributed by atoms with Crippen LogP contribution in [0.25, 0.3) is 33.4 Å². The highest BCUT2D eigenvalue weighted by Crippen LogP contribution is 2.40. The van der Waals surface area contributed by atoms with E-state index in [0.717, 1.165) is 51.1 Å². The third-order valence-electron chi connectivity index (χ3n) is 7.70. The topological polar surface area (TPSA) is 114 Å². The summed E-state index contributed by atoms with van der Waals surface area (Å²) < 4.78 is 5.66. The molecule has 1 atom stereocenters. The van der Waals surface area contributed by atoms with Crippen molar-refractivity contribution in [2.75, 3.05) is 19.0 Å². The van der Waals surface area contributed by atoms with Crippen LogP contribution in [-0.4, -0.2) is 45.5 Å². The summed E-state index contributed by atoms with van der Waals surface area (Å²) in [6.07, 6.45) is 3.09. The molecule has 4 heterocycles. The zero-order chi connectivity index (χ0) is 29.9. The molecule has 1 amide bonds. The van der Waals surface area contributed by atoms with Crippen LogP contribution in [0.15, 0.2) is 66.9 Å². The van der Waals surface area contributed by atoms with Crippen molar-refractivity contribution in [1.82, 2.24) is 30.6 Å². The average molecular weight is 594 g/mol. The number of rotatable bonds is 8. The quantitative estimate of drug-likeness (QED) is 0.196. The second kappa shape index (κ2) is 12.3. The van der Waals surface area contributed by atoms with Gasteiger partial charge in [0.25, 0.3) is 0 Å². The van der Waals surface area contributed by atoms with Gasteiger partial charge in [0, 0.05) is 54.1 Å². The SMILES string of the molecule is COc1nc(-c2cccc(-c3cccc(Nc4nc(C)nc5cccnc45)c3C)c2Cl)ccc1CN[C@@H]1CCC(=O)NC1. The molecule has 0 saturated carbocycles. The van der Waals surface area contributed by atoms with Gasteiger partial charge in [-0.3, -0.25) is 9.78 Å². The van der Waals surface area contributed by atoms with Crippen molar-refractivity contribution in [2.24, 2.45) is 0 Å². The lowest BCUT2D eigenvalue weighted by Gasteiger charge is -2.24. The van der Waals surface area contributed by atoms with Crippen molar-refractivity contribution in [3.63, 3.8) is 0 Å². The van der Waals surface area contributed by atoms with Gasteiger partial charge in [-0.15, -0.1) is 0 Å². The Morgan fingerprint density at radius 1 is 0.977 bits per heavy atom. The highest BCUT2D eigenvalue weighted by atomic mass is 35.5. The predicted molar refractivity (Wildman–Crippen MR) is 170 cm³/mol. The Kier molecular flexibility index (Phi) is 8.18. The Labute approximate surface area is 255 Å². The average Bonchev–Trinajstić information content (AvgIpc) is 3.02. The van der Waals surface area contributed by atoms with E-state index >= 15 is 0 Å². The van der Waals surface area contributed by atoms with Crippen LogP contribution in [0.3, 0.4) is 0 Å². The summed E-state index contributed by atoms with van der Waals surface area (Å²) in [6, 6.07) is 20.0. The molecular formula is C33H32ClN7O2. The van der Waals surface area contributed by atoms with Gasteiger partial charge in [-0.25, -0.2) is 15.0 Å². The van der Waals surface area contributed by atoms with Gasteiger partial charge >= 0.3 is 0 Å². The number of aryl methyl sites for hydroxylation is 1. The van der Waals surface area contributed by atoms with Crippen LogP contribution in [0, 0.1) is 13.8 Å². The number of methoxy groups -OCH3 is 1. The van der Waals surface area contributed by atoms with E-state index in [0.29, 0.717) is 47.6 Å². The van der Waals surface area contributed by atoms with E-state index in [1.807, 2.05) is 61.5 Å². The molecule has 3 N–H and O–H groups in total. The molecule has 1 saturated heterocycles. The van der Waals surface area contributed by atoms with Gasteiger partial charge in [-0.05, 0) is 55.7 Å². The van der Waals surface area contributed by atoms with Crippen LogP contribution in [0.5, 0.6) is 5.88 Å². The van der Waals surface area contributed by atoms with Crippen molar-refractivity contribution in [3.8, 4) is 28.3 Å². The molecule has 1 fully saturated rings. The number of pyridine rings is 2. The lowest BCUT2D eigenvalue weighted by atomic mass is 9.96. The molecule has 0 radical (unpaired) electrons. The van der Waals surface area contributed by atoms with Crippen LogP contribution in [0.2, 0.25) is 5.02 Å². The Balaban J connectivity index is 1.28. The number of aromatic nitrogens is 4. The molecule has 5 aromatic rings. The van der Waals surface area contributed by atoms with Crippen molar-refractivity contribution >= 4 is 40.0 Å². The summed E-state index contributed by atoms with van der Waals surface area (Å²) in [6.45, 7) is 5.14. The van der Waals surface area contributed by atoms with E-state index < -0.39 is 0 Å².